The van der Waals surface area contributed by atoms with Gasteiger partial charge in [-0.2, -0.15) is 0 Å². The molecule has 0 aliphatic carbocycles. The van der Waals surface area contributed by atoms with Crippen LogP contribution in [0.2, 0.25) is 0 Å². The molecule has 0 radical (unpaired) electrons. The highest BCUT2D eigenvalue weighted by molar-refractivity contribution is 6.01. The Morgan fingerprint density at radius 1 is 1.05 bits per heavy atom. The second-order valence-electron chi connectivity index (χ2n) is 4.22. The average molecular weight is 250 g/mol. The largest absolute Gasteiger partial charge is 0.269 e. The van der Waals surface area contributed by atoms with E-state index in [1.807, 2.05) is 36.6 Å². The quantitative estimate of drug-likeness (QED) is 0.604. The first kappa shape index (κ1) is 11.3. The number of non-ortho nitro benzene ring substituents is 1. The number of fused-ring (bicyclic) bond motifs is 1. The van der Waals surface area contributed by atoms with Gasteiger partial charge in [0.15, 0.2) is 0 Å². The monoisotopic (exact) mass is 250 g/mol. The number of benzene rings is 2. The molecule has 0 fully saturated rings. The second kappa shape index (κ2) is 4.49. The third-order valence-corrected chi connectivity index (χ3v) is 2.99. The van der Waals surface area contributed by atoms with E-state index in [1.54, 1.807) is 12.1 Å². The fourth-order valence-electron chi connectivity index (χ4n) is 2.02. The van der Waals surface area contributed by atoms with Crippen LogP contribution >= 0.6 is 0 Å². The van der Waals surface area contributed by atoms with Crippen molar-refractivity contribution in [2.45, 2.75) is 0 Å². The zero-order chi connectivity index (χ0) is 13.2. The summed E-state index contributed by atoms with van der Waals surface area (Å²) in [7, 11) is 0. The number of nitrogens with zero attached hydrogens (tertiary/aromatic N) is 2. The fourth-order valence-corrected chi connectivity index (χ4v) is 2.02. The van der Waals surface area contributed by atoms with Crippen molar-refractivity contribution in [3.05, 3.63) is 75.3 Å². The lowest BCUT2D eigenvalue weighted by molar-refractivity contribution is -0.384. The van der Waals surface area contributed by atoms with Crippen molar-refractivity contribution in [3.63, 3.8) is 0 Å². The summed E-state index contributed by atoms with van der Waals surface area (Å²) < 4.78 is 0. The number of aliphatic imine (C=N–C) groups is 1. The van der Waals surface area contributed by atoms with Gasteiger partial charge in [-0.1, -0.05) is 24.3 Å². The molecule has 1 heterocycles. The van der Waals surface area contributed by atoms with Gasteiger partial charge in [-0.05, 0) is 23.8 Å². The van der Waals surface area contributed by atoms with E-state index in [2.05, 4.69) is 4.99 Å². The molecule has 3 rings (SSSR count). The summed E-state index contributed by atoms with van der Waals surface area (Å²) in [4.78, 5) is 14.5. The van der Waals surface area contributed by atoms with E-state index < -0.39 is 4.92 Å². The lowest BCUT2D eigenvalue weighted by atomic mass is 10.1. The molecule has 0 saturated heterocycles. The molecule has 0 N–H and O–H groups in total. The summed E-state index contributed by atoms with van der Waals surface area (Å²) in [5.74, 6) is 0. The Bertz CT molecular complexity index is 700. The van der Waals surface area contributed by atoms with E-state index in [4.69, 9.17) is 0 Å². The normalized spacial score (nSPS) is 14.6. The summed E-state index contributed by atoms with van der Waals surface area (Å²) in [5.41, 5.74) is 4.05. The molecule has 2 aromatic carbocycles. The summed E-state index contributed by atoms with van der Waals surface area (Å²) in [5, 5.41) is 10.6. The zero-order valence-electron chi connectivity index (χ0n) is 9.98. The Balaban J connectivity index is 1.95. The van der Waals surface area contributed by atoms with Crippen LogP contribution in [-0.4, -0.2) is 11.1 Å². The SMILES string of the molecule is O=[N+]([O-])c1ccc(C=C2N=Cc3ccccc32)cc1. The number of hydrogen-bond donors (Lipinski definition) is 0. The van der Waals surface area contributed by atoms with Crippen molar-refractivity contribution >= 4 is 23.7 Å². The van der Waals surface area contributed by atoms with Crippen molar-refractivity contribution in [2.24, 2.45) is 4.99 Å². The number of nitro groups is 1. The maximum atomic E-state index is 10.6. The van der Waals surface area contributed by atoms with Crippen LogP contribution in [0.4, 0.5) is 5.69 Å². The van der Waals surface area contributed by atoms with Crippen molar-refractivity contribution in [1.29, 1.82) is 0 Å². The first-order chi connectivity index (χ1) is 9.24. The Morgan fingerprint density at radius 2 is 1.79 bits per heavy atom. The van der Waals surface area contributed by atoms with E-state index in [-0.39, 0.29) is 5.69 Å². The van der Waals surface area contributed by atoms with Gasteiger partial charge in [0, 0.05) is 29.5 Å². The molecule has 0 atom stereocenters. The molecule has 4 heteroatoms. The van der Waals surface area contributed by atoms with Gasteiger partial charge < -0.3 is 0 Å². The second-order valence-corrected chi connectivity index (χ2v) is 4.22. The molecular formula is C15H10N2O2. The van der Waals surface area contributed by atoms with Crippen molar-refractivity contribution in [2.75, 3.05) is 0 Å². The third-order valence-electron chi connectivity index (χ3n) is 2.99. The predicted molar refractivity (Wildman–Crippen MR) is 75.0 cm³/mol. The van der Waals surface area contributed by atoms with Gasteiger partial charge in [0.1, 0.15) is 0 Å². The predicted octanol–water partition coefficient (Wildman–Crippen LogP) is 3.53. The van der Waals surface area contributed by atoms with Crippen LogP contribution in [0.5, 0.6) is 0 Å². The Hall–Kier alpha value is -2.75. The van der Waals surface area contributed by atoms with Gasteiger partial charge >= 0.3 is 0 Å². The lowest BCUT2D eigenvalue weighted by Gasteiger charge is -1.99. The molecule has 19 heavy (non-hydrogen) atoms. The number of nitro benzene ring substituents is 1. The van der Waals surface area contributed by atoms with Crippen molar-refractivity contribution in [1.82, 2.24) is 0 Å². The minimum atomic E-state index is -0.403. The maximum Gasteiger partial charge on any atom is 0.269 e. The molecule has 0 amide bonds. The summed E-state index contributed by atoms with van der Waals surface area (Å²) >= 11 is 0. The van der Waals surface area contributed by atoms with Gasteiger partial charge in [0.2, 0.25) is 0 Å². The van der Waals surface area contributed by atoms with Crippen LogP contribution in [0, 0.1) is 10.1 Å². The van der Waals surface area contributed by atoms with E-state index in [9.17, 15) is 10.1 Å². The van der Waals surface area contributed by atoms with Gasteiger partial charge in [0.25, 0.3) is 5.69 Å². The standard InChI is InChI=1S/C15H10N2O2/c18-17(19)13-7-5-11(6-8-13)9-15-14-4-2-1-3-12(14)10-16-15/h1-10H. The van der Waals surface area contributed by atoms with Crippen LogP contribution in [0.3, 0.4) is 0 Å². The molecule has 0 bridgehead atoms. The summed E-state index contributed by atoms with van der Waals surface area (Å²) in [6, 6.07) is 14.4. The number of rotatable bonds is 2. The van der Waals surface area contributed by atoms with Crippen LogP contribution in [-0.2, 0) is 0 Å². The van der Waals surface area contributed by atoms with E-state index in [0.717, 1.165) is 22.4 Å². The summed E-state index contributed by atoms with van der Waals surface area (Å²) in [6.07, 6.45) is 3.75. The topological polar surface area (TPSA) is 55.5 Å². The van der Waals surface area contributed by atoms with Gasteiger partial charge in [-0.25, -0.2) is 0 Å². The molecule has 0 spiro atoms. The highest BCUT2D eigenvalue weighted by Crippen LogP contribution is 2.27. The Labute approximate surface area is 109 Å². The van der Waals surface area contributed by atoms with Gasteiger partial charge in [-0.15, -0.1) is 0 Å². The minimum absolute atomic E-state index is 0.0949. The molecule has 0 saturated carbocycles. The molecule has 4 nitrogen and oxygen atoms in total. The van der Waals surface area contributed by atoms with Crippen LogP contribution in [0.1, 0.15) is 16.7 Å². The van der Waals surface area contributed by atoms with Gasteiger partial charge in [0.05, 0.1) is 10.6 Å². The Morgan fingerprint density at radius 3 is 2.53 bits per heavy atom. The van der Waals surface area contributed by atoms with Crippen molar-refractivity contribution < 1.29 is 4.92 Å². The molecule has 1 aliphatic rings. The minimum Gasteiger partial charge on any atom is -0.258 e. The zero-order valence-corrected chi connectivity index (χ0v) is 9.98. The highest BCUT2D eigenvalue weighted by Gasteiger charge is 2.11. The first-order valence-corrected chi connectivity index (χ1v) is 5.84. The molecule has 2 aromatic rings. The first-order valence-electron chi connectivity index (χ1n) is 5.84. The van der Waals surface area contributed by atoms with E-state index in [0.29, 0.717) is 0 Å². The van der Waals surface area contributed by atoms with Crippen LogP contribution in [0.15, 0.2) is 53.5 Å². The van der Waals surface area contributed by atoms with Crippen LogP contribution in [0.25, 0.3) is 11.8 Å². The Kier molecular flexibility index (Phi) is 2.68. The average Bonchev–Trinajstić information content (AvgIpc) is 2.83. The molecule has 92 valence electrons. The fraction of sp³-hybridized carbons (Fsp3) is 0. The molecule has 0 unspecified atom stereocenters. The molecule has 1 aliphatic heterocycles. The molecular weight excluding hydrogens is 240 g/mol. The van der Waals surface area contributed by atoms with E-state index in [1.165, 1.54) is 12.1 Å². The number of hydrogen-bond acceptors (Lipinski definition) is 3. The summed E-state index contributed by atoms with van der Waals surface area (Å²) in [6.45, 7) is 0. The van der Waals surface area contributed by atoms with Gasteiger partial charge in [-0.3, -0.25) is 15.1 Å². The van der Waals surface area contributed by atoms with Crippen molar-refractivity contribution in [3.8, 4) is 0 Å². The van der Waals surface area contributed by atoms with E-state index >= 15 is 0 Å². The van der Waals surface area contributed by atoms with Crippen LogP contribution < -0.4 is 0 Å². The maximum absolute atomic E-state index is 10.6. The third kappa shape index (κ3) is 2.15. The smallest absolute Gasteiger partial charge is 0.258 e. The highest BCUT2D eigenvalue weighted by atomic mass is 16.6. The molecule has 0 aromatic heterocycles. The lowest BCUT2D eigenvalue weighted by Crippen LogP contribution is -1.87.